The minimum absolute atomic E-state index is 0.448. The molecule has 0 N–H and O–H groups in total. The molecule has 11 heavy (non-hydrogen) atoms. The lowest BCUT2D eigenvalue weighted by molar-refractivity contribution is -0.106. The van der Waals surface area contributed by atoms with E-state index in [0.717, 1.165) is 12.0 Å². The van der Waals surface area contributed by atoms with Gasteiger partial charge >= 0.3 is 0 Å². The highest BCUT2D eigenvalue weighted by molar-refractivity contribution is 5.60. The molecule has 1 aromatic carbocycles. The maximum atomic E-state index is 10.1. The first-order chi connectivity index (χ1) is 5.34. The van der Waals surface area contributed by atoms with Gasteiger partial charge < -0.3 is 9.69 Å². The van der Waals surface area contributed by atoms with Gasteiger partial charge in [0.1, 0.15) is 6.29 Å². The van der Waals surface area contributed by atoms with Crippen molar-refractivity contribution in [3.63, 3.8) is 0 Å². The number of carbonyl (C=O) groups excluding carboxylic acids is 1. The Morgan fingerprint density at radius 2 is 2.00 bits per heavy atom. The Labute approximate surface area is 66.4 Å². The van der Waals surface area contributed by atoms with Crippen molar-refractivity contribution < 1.29 is 4.79 Å². The fourth-order valence-electron chi connectivity index (χ4n) is 0.900. The molecule has 58 valence electrons. The van der Waals surface area contributed by atoms with Crippen LogP contribution in [0.15, 0.2) is 30.3 Å². The van der Waals surface area contributed by atoms with Crippen LogP contribution < -0.4 is 4.90 Å². The lowest BCUT2D eigenvalue weighted by Crippen LogP contribution is -2.18. The van der Waals surface area contributed by atoms with Gasteiger partial charge in [0.15, 0.2) is 0 Å². The molecule has 0 aliphatic heterocycles. The maximum Gasteiger partial charge on any atom is 0.139 e. The van der Waals surface area contributed by atoms with Crippen LogP contribution in [0.25, 0.3) is 0 Å². The molecule has 0 saturated carbocycles. The summed E-state index contributed by atoms with van der Waals surface area (Å²) in [6.45, 7) is 0.448. The number of hydrogen-bond donors (Lipinski definition) is 0. The lowest BCUT2D eigenvalue weighted by atomic mass is 10.3. The molecule has 0 saturated heterocycles. The number of benzene rings is 1. The summed E-state index contributed by atoms with van der Waals surface area (Å²) in [6.07, 6.45) is 0.896. The Hall–Kier alpha value is -1.31. The van der Waals surface area contributed by atoms with Gasteiger partial charge in [-0.2, -0.15) is 0 Å². The highest BCUT2D eigenvalue weighted by Crippen LogP contribution is 2.08. The van der Waals surface area contributed by atoms with Crippen molar-refractivity contribution in [2.75, 3.05) is 18.5 Å². The molecule has 0 aliphatic rings. The summed E-state index contributed by atoms with van der Waals surface area (Å²) in [6, 6.07) is 9.82. The predicted octanol–water partition coefficient (Wildman–Crippen LogP) is 1.32. The average molecular weight is 149 g/mol. The lowest BCUT2D eigenvalue weighted by Gasteiger charge is -2.14. The number of aldehydes is 1. The molecular weight excluding hydrogens is 138 g/mol. The minimum Gasteiger partial charge on any atom is -0.368 e. The molecule has 2 heteroatoms. The fraction of sp³-hybridized carbons (Fsp3) is 0.222. The van der Waals surface area contributed by atoms with Crippen LogP contribution in [-0.2, 0) is 4.79 Å². The Bertz CT molecular complexity index is 220. The Balaban J connectivity index is 2.68. The van der Waals surface area contributed by atoms with Crippen LogP contribution >= 0.6 is 0 Å². The van der Waals surface area contributed by atoms with Crippen molar-refractivity contribution in [3.8, 4) is 0 Å². The van der Waals surface area contributed by atoms with Crippen LogP contribution in [0.5, 0.6) is 0 Å². The van der Waals surface area contributed by atoms with Crippen molar-refractivity contribution >= 4 is 12.0 Å². The third kappa shape index (κ3) is 2.08. The van der Waals surface area contributed by atoms with Crippen molar-refractivity contribution in [3.05, 3.63) is 30.3 Å². The van der Waals surface area contributed by atoms with Crippen LogP contribution in [-0.4, -0.2) is 19.9 Å². The average Bonchev–Trinajstić information content (AvgIpc) is 2.07. The van der Waals surface area contributed by atoms with Crippen LogP contribution in [0.4, 0.5) is 5.69 Å². The van der Waals surface area contributed by atoms with E-state index in [0.29, 0.717) is 6.54 Å². The Kier molecular flexibility index (Phi) is 2.66. The molecule has 0 atom stereocenters. The highest BCUT2D eigenvalue weighted by atomic mass is 16.1. The molecule has 0 unspecified atom stereocenters. The largest absolute Gasteiger partial charge is 0.368 e. The van der Waals surface area contributed by atoms with E-state index in [1.807, 2.05) is 42.3 Å². The molecule has 0 aliphatic carbocycles. The van der Waals surface area contributed by atoms with Gasteiger partial charge in [0, 0.05) is 12.7 Å². The van der Waals surface area contributed by atoms with E-state index in [1.54, 1.807) is 0 Å². The summed E-state index contributed by atoms with van der Waals surface area (Å²) >= 11 is 0. The summed E-state index contributed by atoms with van der Waals surface area (Å²) in [7, 11) is 1.89. The second-order valence-electron chi connectivity index (χ2n) is 2.38. The topological polar surface area (TPSA) is 20.3 Å². The number of anilines is 1. The van der Waals surface area contributed by atoms with Gasteiger partial charge in [0.25, 0.3) is 0 Å². The fourth-order valence-corrected chi connectivity index (χ4v) is 0.900. The second kappa shape index (κ2) is 3.76. The molecule has 2 nitrogen and oxygen atoms in total. The molecule has 0 radical (unpaired) electrons. The molecule has 1 rings (SSSR count). The van der Waals surface area contributed by atoms with Crippen molar-refractivity contribution in [2.45, 2.75) is 0 Å². The summed E-state index contributed by atoms with van der Waals surface area (Å²) in [4.78, 5) is 12.0. The molecular formula is C9H11NO. The van der Waals surface area contributed by atoms with Crippen LogP contribution in [0.1, 0.15) is 0 Å². The predicted molar refractivity (Wildman–Crippen MR) is 45.8 cm³/mol. The second-order valence-corrected chi connectivity index (χ2v) is 2.38. The molecule has 0 fully saturated rings. The molecule has 1 aromatic rings. The number of likely N-dealkylation sites (N-methyl/N-ethyl adjacent to an activating group) is 1. The molecule has 0 bridgehead atoms. The standard InChI is InChI=1S/C9H11NO/c1-10(7-8-11)9-5-3-2-4-6-9/h2-6,8H,7H2,1H3. The first kappa shape index (κ1) is 7.79. The SMILES string of the molecule is CN(CC=O)c1ccccc1. The number of carbonyl (C=O) groups is 1. The summed E-state index contributed by atoms with van der Waals surface area (Å²) in [5.41, 5.74) is 1.07. The van der Waals surface area contributed by atoms with E-state index in [9.17, 15) is 4.79 Å². The highest BCUT2D eigenvalue weighted by Gasteiger charge is 1.95. The Morgan fingerprint density at radius 1 is 1.36 bits per heavy atom. The van der Waals surface area contributed by atoms with E-state index in [1.165, 1.54) is 0 Å². The normalized spacial score (nSPS) is 9.18. The zero-order chi connectivity index (χ0) is 8.10. The van der Waals surface area contributed by atoms with Gasteiger partial charge in [-0.25, -0.2) is 0 Å². The zero-order valence-corrected chi connectivity index (χ0v) is 6.53. The van der Waals surface area contributed by atoms with E-state index in [-0.39, 0.29) is 0 Å². The zero-order valence-electron chi connectivity index (χ0n) is 6.53. The minimum atomic E-state index is 0.448. The summed E-state index contributed by atoms with van der Waals surface area (Å²) in [5, 5.41) is 0. The van der Waals surface area contributed by atoms with Crippen LogP contribution in [0.3, 0.4) is 0 Å². The van der Waals surface area contributed by atoms with Crippen LogP contribution in [0, 0.1) is 0 Å². The number of hydrogen-bond acceptors (Lipinski definition) is 2. The van der Waals surface area contributed by atoms with Crippen molar-refractivity contribution in [2.24, 2.45) is 0 Å². The van der Waals surface area contributed by atoms with Crippen LogP contribution in [0.2, 0.25) is 0 Å². The smallest absolute Gasteiger partial charge is 0.139 e. The maximum absolute atomic E-state index is 10.1. The molecule has 0 aromatic heterocycles. The van der Waals surface area contributed by atoms with Crippen molar-refractivity contribution in [1.29, 1.82) is 0 Å². The van der Waals surface area contributed by atoms with E-state index in [2.05, 4.69) is 0 Å². The van der Waals surface area contributed by atoms with E-state index >= 15 is 0 Å². The molecule has 0 spiro atoms. The number of para-hydroxylation sites is 1. The van der Waals surface area contributed by atoms with Gasteiger partial charge in [-0.05, 0) is 12.1 Å². The Morgan fingerprint density at radius 3 is 2.55 bits per heavy atom. The monoisotopic (exact) mass is 149 g/mol. The first-order valence-electron chi connectivity index (χ1n) is 3.54. The first-order valence-corrected chi connectivity index (χ1v) is 3.54. The van der Waals surface area contributed by atoms with Gasteiger partial charge in [-0.1, -0.05) is 18.2 Å². The number of rotatable bonds is 3. The molecule has 0 heterocycles. The van der Waals surface area contributed by atoms with Gasteiger partial charge in [-0.15, -0.1) is 0 Å². The van der Waals surface area contributed by atoms with Gasteiger partial charge in [0.05, 0.1) is 6.54 Å². The quantitative estimate of drug-likeness (QED) is 0.604. The van der Waals surface area contributed by atoms with E-state index < -0.39 is 0 Å². The third-order valence-corrected chi connectivity index (χ3v) is 1.55. The van der Waals surface area contributed by atoms with E-state index in [4.69, 9.17) is 0 Å². The van der Waals surface area contributed by atoms with Crippen molar-refractivity contribution in [1.82, 2.24) is 0 Å². The summed E-state index contributed by atoms with van der Waals surface area (Å²) in [5.74, 6) is 0. The molecule has 0 amide bonds. The van der Waals surface area contributed by atoms with Gasteiger partial charge in [0.2, 0.25) is 0 Å². The third-order valence-electron chi connectivity index (χ3n) is 1.55. The number of nitrogens with zero attached hydrogens (tertiary/aromatic N) is 1. The van der Waals surface area contributed by atoms with Gasteiger partial charge in [-0.3, -0.25) is 0 Å². The summed E-state index contributed by atoms with van der Waals surface area (Å²) < 4.78 is 0.